The molecule has 0 bridgehead atoms. The Bertz CT molecular complexity index is 520. The number of hydrogen-bond acceptors (Lipinski definition) is 1. The maximum Gasteiger partial charge on any atom is 0.0799 e. The van der Waals surface area contributed by atoms with E-state index >= 15 is 0 Å². The molecule has 1 unspecified atom stereocenters. The van der Waals surface area contributed by atoms with Gasteiger partial charge in [0.1, 0.15) is 0 Å². The van der Waals surface area contributed by atoms with Gasteiger partial charge in [-0.2, -0.15) is 0 Å². The minimum absolute atomic E-state index is 0.467. The molecule has 18 heavy (non-hydrogen) atoms. The average Bonchev–Trinajstić information content (AvgIpc) is 2.46. The van der Waals surface area contributed by atoms with Gasteiger partial charge in [-0.3, -0.25) is 0 Å². The molecule has 0 aliphatic heterocycles. The number of aliphatic hydroxyl groups is 1. The largest absolute Gasteiger partial charge is 0.388 e. The molecule has 0 heterocycles. The third kappa shape index (κ3) is 3.00. The van der Waals surface area contributed by atoms with Gasteiger partial charge >= 0.3 is 0 Å². The van der Waals surface area contributed by atoms with E-state index in [1.807, 2.05) is 42.5 Å². The predicted octanol–water partition coefficient (Wildman–Crippen LogP) is 3.80. The van der Waals surface area contributed by atoms with Crippen molar-refractivity contribution in [3.63, 3.8) is 0 Å². The van der Waals surface area contributed by atoms with Crippen LogP contribution in [0.4, 0.5) is 0 Å². The first-order valence-electron chi connectivity index (χ1n) is 6.08. The van der Waals surface area contributed by atoms with Crippen LogP contribution in [-0.4, -0.2) is 5.11 Å². The van der Waals surface area contributed by atoms with E-state index < -0.39 is 6.10 Å². The topological polar surface area (TPSA) is 20.2 Å². The maximum atomic E-state index is 9.92. The quantitative estimate of drug-likeness (QED) is 0.800. The SMILES string of the molecule is C#CCCC(O)c1ccc(-c2ccccc2)cc1. The van der Waals surface area contributed by atoms with Crippen molar-refractivity contribution in [2.75, 3.05) is 0 Å². The second kappa shape index (κ2) is 6.05. The molecule has 1 heteroatoms. The third-order valence-corrected chi connectivity index (χ3v) is 2.96. The molecule has 2 aromatic rings. The first-order chi connectivity index (χ1) is 8.81. The summed E-state index contributed by atoms with van der Waals surface area (Å²) in [6, 6.07) is 18.2. The Labute approximate surface area is 108 Å². The van der Waals surface area contributed by atoms with E-state index in [0.29, 0.717) is 12.8 Å². The van der Waals surface area contributed by atoms with Crippen LogP contribution in [0.15, 0.2) is 54.6 Å². The fourth-order valence-electron chi connectivity index (χ4n) is 1.92. The second-order valence-electron chi connectivity index (χ2n) is 4.25. The normalized spacial score (nSPS) is 11.8. The second-order valence-corrected chi connectivity index (χ2v) is 4.25. The molecule has 90 valence electrons. The monoisotopic (exact) mass is 236 g/mol. The lowest BCUT2D eigenvalue weighted by atomic mass is 10.00. The predicted molar refractivity (Wildman–Crippen MR) is 74.9 cm³/mol. The van der Waals surface area contributed by atoms with Crippen molar-refractivity contribution >= 4 is 0 Å². The number of hydrogen-bond donors (Lipinski definition) is 1. The maximum absolute atomic E-state index is 9.92. The summed E-state index contributed by atoms with van der Waals surface area (Å²) in [6.45, 7) is 0. The third-order valence-electron chi connectivity index (χ3n) is 2.96. The number of rotatable bonds is 4. The number of aliphatic hydroxyl groups excluding tert-OH is 1. The van der Waals surface area contributed by atoms with Crippen LogP contribution in [-0.2, 0) is 0 Å². The summed E-state index contributed by atoms with van der Waals surface area (Å²) >= 11 is 0. The van der Waals surface area contributed by atoms with E-state index in [-0.39, 0.29) is 0 Å². The standard InChI is InChI=1S/C17H16O/c1-2-3-9-17(18)16-12-10-15(11-13-16)14-7-5-4-6-8-14/h1,4-8,10-13,17-18H,3,9H2. The Morgan fingerprint density at radius 1 is 0.944 bits per heavy atom. The number of terminal acetylenes is 1. The lowest BCUT2D eigenvalue weighted by molar-refractivity contribution is 0.169. The lowest BCUT2D eigenvalue weighted by Crippen LogP contribution is -1.96. The van der Waals surface area contributed by atoms with Gasteiger partial charge in [-0.15, -0.1) is 12.3 Å². The van der Waals surface area contributed by atoms with E-state index in [1.54, 1.807) is 0 Å². The minimum Gasteiger partial charge on any atom is -0.388 e. The molecule has 0 radical (unpaired) electrons. The van der Waals surface area contributed by atoms with Crippen molar-refractivity contribution in [3.05, 3.63) is 60.2 Å². The smallest absolute Gasteiger partial charge is 0.0799 e. The van der Waals surface area contributed by atoms with Gasteiger partial charge in [0, 0.05) is 6.42 Å². The van der Waals surface area contributed by atoms with Crippen molar-refractivity contribution in [2.45, 2.75) is 18.9 Å². The van der Waals surface area contributed by atoms with Crippen LogP contribution in [0.25, 0.3) is 11.1 Å². The Morgan fingerprint density at radius 3 is 2.17 bits per heavy atom. The summed E-state index contributed by atoms with van der Waals surface area (Å²) < 4.78 is 0. The van der Waals surface area contributed by atoms with Crippen LogP contribution < -0.4 is 0 Å². The molecule has 1 N–H and O–H groups in total. The van der Waals surface area contributed by atoms with Gasteiger partial charge in [0.25, 0.3) is 0 Å². The lowest BCUT2D eigenvalue weighted by Gasteiger charge is -2.10. The van der Waals surface area contributed by atoms with Gasteiger partial charge in [-0.05, 0) is 23.1 Å². The summed E-state index contributed by atoms with van der Waals surface area (Å²) in [6.07, 6.45) is 5.94. The fourth-order valence-corrected chi connectivity index (χ4v) is 1.92. The fraction of sp³-hybridized carbons (Fsp3) is 0.176. The Morgan fingerprint density at radius 2 is 1.56 bits per heavy atom. The summed E-state index contributed by atoms with van der Waals surface area (Å²) in [7, 11) is 0. The van der Waals surface area contributed by atoms with Crippen LogP contribution in [0.1, 0.15) is 24.5 Å². The zero-order chi connectivity index (χ0) is 12.8. The van der Waals surface area contributed by atoms with Gasteiger partial charge in [0.05, 0.1) is 6.10 Å². The van der Waals surface area contributed by atoms with E-state index in [2.05, 4.69) is 18.1 Å². The van der Waals surface area contributed by atoms with Crippen LogP contribution in [0.2, 0.25) is 0 Å². The summed E-state index contributed by atoms with van der Waals surface area (Å²) in [5.41, 5.74) is 3.26. The summed E-state index contributed by atoms with van der Waals surface area (Å²) in [4.78, 5) is 0. The van der Waals surface area contributed by atoms with E-state index in [1.165, 1.54) is 5.56 Å². The Kier molecular flexibility index (Phi) is 4.17. The first-order valence-corrected chi connectivity index (χ1v) is 6.08. The molecule has 2 aromatic carbocycles. The molecular weight excluding hydrogens is 220 g/mol. The zero-order valence-corrected chi connectivity index (χ0v) is 10.2. The molecule has 0 amide bonds. The van der Waals surface area contributed by atoms with Crippen molar-refractivity contribution in [3.8, 4) is 23.5 Å². The van der Waals surface area contributed by atoms with Gasteiger partial charge in [-0.1, -0.05) is 54.6 Å². The first kappa shape index (κ1) is 12.4. The summed E-state index contributed by atoms with van der Waals surface area (Å²) in [5, 5.41) is 9.92. The molecule has 1 nitrogen and oxygen atoms in total. The van der Waals surface area contributed by atoms with Crippen LogP contribution in [0, 0.1) is 12.3 Å². The zero-order valence-electron chi connectivity index (χ0n) is 10.2. The summed E-state index contributed by atoms with van der Waals surface area (Å²) in [5.74, 6) is 2.55. The van der Waals surface area contributed by atoms with Gasteiger partial charge in [-0.25, -0.2) is 0 Å². The molecule has 2 rings (SSSR count). The molecule has 0 saturated carbocycles. The molecule has 0 spiro atoms. The molecule has 0 fully saturated rings. The minimum atomic E-state index is -0.467. The molecule has 0 aliphatic rings. The van der Waals surface area contributed by atoms with Gasteiger partial charge in [0.2, 0.25) is 0 Å². The van der Waals surface area contributed by atoms with Crippen molar-refractivity contribution < 1.29 is 5.11 Å². The molecular formula is C17H16O. The average molecular weight is 236 g/mol. The molecule has 1 atom stereocenters. The van der Waals surface area contributed by atoms with E-state index in [0.717, 1.165) is 11.1 Å². The van der Waals surface area contributed by atoms with Crippen LogP contribution in [0.5, 0.6) is 0 Å². The van der Waals surface area contributed by atoms with Crippen LogP contribution >= 0.6 is 0 Å². The van der Waals surface area contributed by atoms with Crippen molar-refractivity contribution in [2.24, 2.45) is 0 Å². The van der Waals surface area contributed by atoms with E-state index in [9.17, 15) is 5.11 Å². The van der Waals surface area contributed by atoms with Crippen molar-refractivity contribution in [1.29, 1.82) is 0 Å². The highest BCUT2D eigenvalue weighted by Crippen LogP contribution is 2.23. The van der Waals surface area contributed by atoms with Crippen molar-refractivity contribution in [1.82, 2.24) is 0 Å². The Hall–Kier alpha value is -2.04. The Balaban J connectivity index is 2.13. The highest BCUT2D eigenvalue weighted by Gasteiger charge is 2.06. The van der Waals surface area contributed by atoms with Gasteiger partial charge < -0.3 is 5.11 Å². The van der Waals surface area contributed by atoms with Gasteiger partial charge in [0.15, 0.2) is 0 Å². The van der Waals surface area contributed by atoms with E-state index in [4.69, 9.17) is 6.42 Å². The highest BCUT2D eigenvalue weighted by molar-refractivity contribution is 5.63. The highest BCUT2D eigenvalue weighted by atomic mass is 16.3. The van der Waals surface area contributed by atoms with Crippen LogP contribution in [0.3, 0.4) is 0 Å². The molecule has 0 saturated heterocycles. The number of benzene rings is 2. The molecule has 0 aromatic heterocycles. The molecule has 0 aliphatic carbocycles.